The molecular formula is C22H18Cl2N2. The molecule has 0 aliphatic heterocycles. The number of hydrogen-bond donors (Lipinski definition) is 2. The molecule has 26 heavy (non-hydrogen) atoms. The summed E-state index contributed by atoms with van der Waals surface area (Å²) in [5, 5.41) is 1.22. The molecule has 0 unspecified atom stereocenters. The van der Waals surface area contributed by atoms with E-state index in [9.17, 15) is 0 Å². The van der Waals surface area contributed by atoms with E-state index in [1.165, 1.54) is 0 Å². The highest BCUT2D eigenvalue weighted by Gasteiger charge is 2.04. The Bertz CT molecular complexity index is 910. The predicted octanol–water partition coefficient (Wildman–Crippen LogP) is 6.50. The lowest BCUT2D eigenvalue weighted by Gasteiger charge is -2.05. The van der Waals surface area contributed by atoms with Crippen molar-refractivity contribution < 1.29 is 0 Å². The summed E-state index contributed by atoms with van der Waals surface area (Å²) in [6, 6.07) is 19.0. The smallest absolute Gasteiger partial charge is 0.0485 e. The number of rotatable bonds is 4. The number of nitrogens with two attached hydrogens (primary N) is 2. The second-order valence-corrected chi connectivity index (χ2v) is 6.63. The van der Waals surface area contributed by atoms with Crippen LogP contribution in [0.2, 0.25) is 10.0 Å². The lowest BCUT2D eigenvalue weighted by Crippen LogP contribution is -1.88. The third kappa shape index (κ3) is 4.29. The molecule has 4 N–H and O–H groups in total. The fraction of sp³-hybridized carbons (Fsp3) is 0. The van der Waals surface area contributed by atoms with Crippen LogP contribution in [0.15, 0.2) is 60.7 Å². The van der Waals surface area contributed by atoms with Gasteiger partial charge in [-0.1, -0.05) is 83.9 Å². The second kappa shape index (κ2) is 8.13. The van der Waals surface area contributed by atoms with Crippen molar-refractivity contribution in [1.82, 2.24) is 0 Å². The van der Waals surface area contributed by atoms with Crippen LogP contribution in [0.5, 0.6) is 0 Å². The zero-order valence-corrected chi connectivity index (χ0v) is 15.5. The summed E-state index contributed by atoms with van der Waals surface area (Å²) >= 11 is 12.8. The quantitative estimate of drug-likeness (QED) is 0.400. The Hall–Kier alpha value is -2.68. The Labute approximate surface area is 163 Å². The summed E-state index contributed by atoms with van der Waals surface area (Å²) in [6.07, 6.45) is 7.66. The number of halogens is 2. The Morgan fingerprint density at radius 3 is 1.27 bits per heavy atom. The summed E-state index contributed by atoms with van der Waals surface area (Å²) in [6.45, 7) is 0. The number of para-hydroxylation sites is 2. The highest BCUT2D eigenvalue weighted by molar-refractivity contribution is 6.35. The van der Waals surface area contributed by atoms with Crippen LogP contribution in [-0.2, 0) is 0 Å². The maximum absolute atomic E-state index is 6.42. The SMILES string of the molecule is Nc1ccccc1/C=C/c1cc(Cl)c(/C=C/c2ccccc2N)cc1Cl. The molecule has 0 aliphatic carbocycles. The average Bonchev–Trinajstić information content (AvgIpc) is 2.63. The van der Waals surface area contributed by atoms with Crippen molar-refractivity contribution in [2.24, 2.45) is 0 Å². The van der Waals surface area contributed by atoms with Crippen molar-refractivity contribution in [1.29, 1.82) is 0 Å². The predicted molar refractivity (Wildman–Crippen MR) is 116 cm³/mol. The molecule has 0 atom stereocenters. The van der Waals surface area contributed by atoms with Gasteiger partial charge in [-0.3, -0.25) is 0 Å². The molecule has 0 aliphatic rings. The van der Waals surface area contributed by atoms with Gasteiger partial charge < -0.3 is 11.5 Å². The van der Waals surface area contributed by atoms with Crippen LogP contribution in [-0.4, -0.2) is 0 Å². The van der Waals surface area contributed by atoms with Crippen molar-refractivity contribution >= 4 is 58.9 Å². The van der Waals surface area contributed by atoms with E-state index in [2.05, 4.69) is 0 Å². The summed E-state index contributed by atoms with van der Waals surface area (Å²) in [5.41, 5.74) is 16.9. The van der Waals surface area contributed by atoms with Gasteiger partial charge in [-0.05, 0) is 46.5 Å². The largest absolute Gasteiger partial charge is 0.398 e. The zero-order valence-electron chi connectivity index (χ0n) is 14.0. The maximum Gasteiger partial charge on any atom is 0.0485 e. The third-order valence-electron chi connectivity index (χ3n) is 3.99. The first kappa shape index (κ1) is 18.1. The molecule has 0 fully saturated rings. The summed E-state index contributed by atoms with van der Waals surface area (Å²) in [5.74, 6) is 0. The second-order valence-electron chi connectivity index (χ2n) is 5.82. The van der Waals surface area contributed by atoms with Gasteiger partial charge in [-0.2, -0.15) is 0 Å². The molecule has 3 aromatic rings. The van der Waals surface area contributed by atoms with Crippen LogP contribution in [0, 0.1) is 0 Å². The van der Waals surface area contributed by atoms with Gasteiger partial charge in [0, 0.05) is 21.4 Å². The fourth-order valence-corrected chi connectivity index (χ4v) is 2.99. The number of nitrogen functional groups attached to an aromatic ring is 2. The highest BCUT2D eigenvalue weighted by atomic mass is 35.5. The number of benzene rings is 3. The van der Waals surface area contributed by atoms with E-state index in [0.717, 1.165) is 22.3 Å². The number of anilines is 2. The zero-order chi connectivity index (χ0) is 18.5. The van der Waals surface area contributed by atoms with E-state index in [1.54, 1.807) is 0 Å². The van der Waals surface area contributed by atoms with Gasteiger partial charge in [-0.15, -0.1) is 0 Å². The van der Waals surface area contributed by atoms with Gasteiger partial charge >= 0.3 is 0 Å². The van der Waals surface area contributed by atoms with E-state index in [-0.39, 0.29) is 0 Å². The molecule has 0 saturated carbocycles. The number of hydrogen-bond acceptors (Lipinski definition) is 2. The van der Waals surface area contributed by atoms with Crippen LogP contribution < -0.4 is 11.5 Å². The van der Waals surface area contributed by atoms with Gasteiger partial charge in [0.1, 0.15) is 0 Å². The molecule has 0 saturated heterocycles. The molecule has 130 valence electrons. The molecular weight excluding hydrogens is 363 g/mol. The first-order valence-electron chi connectivity index (χ1n) is 8.09. The molecule has 2 nitrogen and oxygen atoms in total. The molecule has 0 amide bonds. The summed E-state index contributed by atoms with van der Waals surface area (Å²) in [7, 11) is 0. The monoisotopic (exact) mass is 380 g/mol. The third-order valence-corrected chi connectivity index (χ3v) is 4.65. The first-order valence-corrected chi connectivity index (χ1v) is 8.84. The molecule has 0 aromatic heterocycles. The van der Waals surface area contributed by atoms with Crippen LogP contribution in [0.1, 0.15) is 22.3 Å². The molecule has 3 aromatic carbocycles. The lowest BCUT2D eigenvalue weighted by atomic mass is 10.1. The topological polar surface area (TPSA) is 52.0 Å². The normalized spacial score (nSPS) is 11.5. The van der Waals surface area contributed by atoms with E-state index in [0.29, 0.717) is 21.4 Å². The Balaban J connectivity index is 1.87. The molecule has 4 heteroatoms. The Kier molecular flexibility index (Phi) is 5.67. The molecule has 0 radical (unpaired) electrons. The minimum atomic E-state index is 0.612. The van der Waals surface area contributed by atoms with Crippen molar-refractivity contribution in [3.8, 4) is 0 Å². The van der Waals surface area contributed by atoms with Crippen LogP contribution in [0.4, 0.5) is 11.4 Å². The molecule has 0 heterocycles. The van der Waals surface area contributed by atoms with Gasteiger partial charge in [0.2, 0.25) is 0 Å². The van der Waals surface area contributed by atoms with Gasteiger partial charge in [0.05, 0.1) is 0 Å². The maximum atomic E-state index is 6.42. The van der Waals surface area contributed by atoms with E-state index in [4.69, 9.17) is 34.7 Å². The average molecular weight is 381 g/mol. The van der Waals surface area contributed by atoms with E-state index >= 15 is 0 Å². The summed E-state index contributed by atoms with van der Waals surface area (Å²) in [4.78, 5) is 0. The van der Waals surface area contributed by atoms with Gasteiger partial charge in [-0.25, -0.2) is 0 Å². The van der Waals surface area contributed by atoms with Crippen LogP contribution >= 0.6 is 23.2 Å². The summed E-state index contributed by atoms with van der Waals surface area (Å²) < 4.78 is 0. The Morgan fingerprint density at radius 1 is 0.538 bits per heavy atom. The van der Waals surface area contributed by atoms with Gasteiger partial charge in [0.25, 0.3) is 0 Å². The fourth-order valence-electron chi connectivity index (χ4n) is 2.52. The molecule has 3 rings (SSSR count). The van der Waals surface area contributed by atoms with E-state index < -0.39 is 0 Å². The van der Waals surface area contributed by atoms with Crippen molar-refractivity contribution in [2.45, 2.75) is 0 Å². The molecule has 0 bridgehead atoms. The lowest BCUT2D eigenvalue weighted by molar-refractivity contribution is 1.61. The van der Waals surface area contributed by atoms with E-state index in [1.807, 2.05) is 85.0 Å². The highest BCUT2D eigenvalue weighted by Crippen LogP contribution is 2.29. The minimum Gasteiger partial charge on any atom is -0.398 e. The minimum absolute atomic E-state index is 0.612. The van der Waals surface area contributed by atoms with Crippen molar-refractivity contribution in [3.63, 3.8) is 0 Å². The Morgan fingerprint density at radius 2 is 0.885 bits per heavy atom. The van der Waals surface area contributed by atoms with Crippen LogP contribution in [0.3, 0.4) is 0 Å². The van der Waals surface area contributed by atoms with Crippen molar-refractivity contribution in [2.75, 3.05) is 11.5 Å². The van der Waals surface area contributed by atoms with Crippen molar-refractivity contribution in [3.05, 3.63) is 93.0 Å². The molecule has 0 spiro atoms. The van der Waals surface area contributed by atoms with Gasteiger partial charge in [0.15, 0.2) is 0 Å². The standard InChI is InChI=1S/C22H18Cl2N2/c23-19-14-18(12-10-16-6-2-4-8-22(16)26)20(24)13-17(19)11-9-15-5-1-3-7-21(15)25/h1-14H,25-26H2/b11-9+,12-10+. The van der Waals surface area contributed by atoms with Crippen LogP contribution in [0.25, 0.3) is 24.3 Å². The first-order chi connectivity index (χ1) is 12.5.